The molecule has 10 nitrogen and oxygen atoms in total. The third kappa shape index (κ3) is 5.50. The minimum atomic E-state index is -3.91. The normalized spacial score (nSPS) is 12.1. The van der Waals surface area contributed by atoms with Crippen LogP contribution in [0.5, 0.6) is 0 Å². The largest absolute Gasteiger partial charge is 0.287 e. The standard InChI is InChI=1S/C23H21F2N5O5S2/c1-2-3-10-36(32,33)30-18-9-8-17(24)19(20(18)25)22(31)21-16-11-14(12-27-23(16)29-28-21)13-4-6-15(7-5-13)37(26,34)35/h4-9,11-12,30H,2-3,10H2,1H3,(H2,26,34,35)(H,27,28,29). The molecule has 194 valence electrons. The molecule has 4 rings (SSSR count). The van der Waals surface area contributed by atoms with Crippen molar-refractivity contribution in [3.05, 3.63) is 71.6 Å². The highest BCUT2D eigenvalue weighted by molar-refractivity contribution is 7.92. The Bertz CT molecular complexity index is 1720. The van der Waals surface area contributed by atoms with E-state index in [0.717, 1.165) is 12.1 Å². The Hall–Kier alpha value is -3.75. The molecule has 0 aliphatic heterocycles. The summed E-state index contributed by atoms with van der Waals surface area (Å²) in [5.74, 6) is -3.96. The summed E-state index contributed by atoms with van der Waals surface area (Å²) in [7, 11) is -7.81. The van der Waals surface area contributed by atoms with Gasteiger partial charge in [-0.05, 0) is 42.3 Å². The van der Waals surface area contributed by atoms with E-state index in [1.165, 1.54) is 36.5 Å². The van der Waals surface area contributed by atoms with Crippen LogP contribution in [0.3, 0.4) is 0 Å². The number of unbranched alkanes of at least 4 members (excludes halogenated alkanes) is 1. The molecule has 4 aromatic rings. The first-order chi connectivity index (χ1) is 17.4. The van der Waals surface area contributed by atoms with Gasteiger partial charge in [-0.3, -0.25) is 14.6 Å². The molecule has 2 aromatic carbocycles. The number of hydrogen-bond donors (Lipinski definition) is 3. The van der Waals surface area contributed by atoms with Gasteiger partial charge in [-0.1, -0.05) is 25.5 Å². The zero-order chi connectivity index (χ0) is 27.0. The fourth-order valence-electron chi connectivity index (χ4n) is 3.58. The van der Waals surface area contributed by atoms with Gasteiger partial charge < -0.3 is 0 Å². The summed E-state index contributed by atoms with van der Waals surface area (Å²) in [5, 5.41) is 11.7. The van der Waals surface area contributed by atoms with Crippen molar-refractivity contribution in [2.45, 2.75) is 24.7 Å². The van der Waals surface area contributed by atoms with Crippen LogP contribution in [0.25, 0.3) is 22.2 Å². The molecule has 2 aromatic heterocycles. The van der Waals surface area contributed by atoms with Gasteiger partial charge in [0, 0.05) is 11.8 Å². The highest BCUT2D eigenvalue weighted by Crippen LogP contribution is 2.29. The van der Waals surface area contributed by atoms with Crippen LogP contribution in [0.15, 0.2) is 53.6 Å². The van der Waals surface area contributed by atoms with Gasteiger partial charge in [-0.25, -0.2) is 35.7 Å². The summed E-state index contributed by atoms with van der Waals surface area (Å²) in [4.78, 5) is 17.3. The molecule has 0 spiro atoms. The molecule has 2 heterocycles. The van der Waals surface area contributed by atoms with Gasteiger partial charge in [0.1, 0.15) is 11.5 Å². The molecular weight excluding hydrogens is 528 g/mol. The lowest BCUT2D eigenvalue weighted by atomic mass is 10.0. The number of carbonyl (C=O) groups is 1. The first-order valence-corrected chi connectivity index (χ1v) is 14.1. The van der Waals surface area contributed by atoms with Gasteiger partial charge in [-0.15, -0.1) is 0 Å². The Balaban J connectivity index is 1.73. The number of pyridine rings is 1. The maximum Gasteiger partial charge on any atom is 0.238 e. The van der Waals surface area contributed by atoms with Crippen molar-refractivity contribution < 1.29 is 30.4 Å². The first kappa shape index (κ1) is 26.3. The lowest BCUT2D eigenvalue weighted by molar-refractivity contribution is 0.102. The maximum absolute atomic E-state index is 15.2. The number of sulfonamides is 2. The van der Waals surface area contributed by atoms with Gasteiger partial charge in [0.2, 0.25) is 25.8 Å². The lowest BCUT2D eigenvalue weighted by Crippen LogP contribution is -2.19. The summed E-state index contributed by atoms with van der Waals surface area (Å²) in [6, 6.07) is 8.76. The van der Waals surface area contributed by atoms with Crippen LogP contribution in [0, 0.1) is 11.6 Å². The Morgan fingerprint density at radius 1 is 1.05 bits per heavy atom. The van der Waals surface area contributed by atoms with Crippen molar-refractivity contribution in [3.8, 4) is 11.1 Å². The number of nitrogens with two attached hydrogens (primary N) is 1. The summed E-state index contributed by atoms with van der Waals surface area (Å²) in [6.45, 7) is 1.79. The van der Waals surface area contributed by atoms with Crippen molar-refractivity contribution in [1.82, 2.24) is 15.2 Å². The van der Waals surface area contributed by atoms with Gasteiger partial charge in [0.15, 0.2) is 11.5 Å². The molecule has 0 bridgehead atoms. The van der Waals surface area contributed by atoms with E-state index in [0.29, 0.717) is 24.0 Å². The topological polar surface area (TPSA) is 165 Å². The minimum Gasteiger partial charge on any atom is -0.287 e. The number of aromatic amines is 1. The van der Waals surface area contributed by atoms with Gasteiger partial charge in [0.25, 0.3) is 0 Å². The highest BCUT2D eigenvalue weighted by Gasteiger charge is 2.27. The van der Waals surface area contributed by atoms with E-state index >= 15 is 4.39 Å². The molecule has 37 heavy (non-hydrogen) atoms. The Kier molecular flexibility index (Phi) is 7.08. The van der Waals surface area contributed by atoms with E-state index in [9.17, 15) is 26.0 Å². The Morgan fingerprint density at radius 2 is 1.76 bits per heavy atom. The molecule has 0 atom stereocenters. The number of benzene rings is 2. The van der Waals surface area contributed by atoms with E-state index in [1.807, 2.05) is 0 Å². The second kappa shape index (κ2) is 9.95. The van der Waals surface area contributed by atoms with Crippen LogP contribution in [0.2, 0.25) is 0 Å². The summed E-state index contributed by atoms with van der Waals surface area (Å²) in [6.07, 6.45) is 2.37. The number of hydrogen-bond acceptors (Lipinski definition) is 7. The number of fused-ring (bicyclic) bond motifs is 1. The van der Waals surface area contributed by atoms with Crippen molar-refractivity contribution in [2.75, 3.05) is 10.5 Å². The number of rotatable bonds is 9. The fourth-order valence-corrected chi connectivity index (χ4v) is 5.36. The molecule has 0 saturated heterocycles. The SMILES string of the molecule is CCCCS(=O)(=O)Nc1ccc(F)c(C(=O)c2n[nH]c3ncc(-c4ccc(S(N)(=O)=O)cc4)cc23)c1F. The van der Waals surface area contributed by atoms with E-state index in [4.69, 9.17) is 5.14 Å². The predicted octanol–water partition coefficient (Wildman–Crippen LogP) is 3.32. The molecule has 0 unspecified atom stereocenters. The number of nitrogens with zero attached hydrogens (tertiary/aromatic N) is 2. The van der Waals surface area contributed by atoms with Crippen LogP contribution in [0.1, 0.15) is 35.8 Å². The maximum atomic E-state index is 15.2. The van der Waals surface area contributed by atoms with Crippen molar-refractivity contribution in [1.29, 1.82) is 0 Å². The van der Waals surface area contributed by atoms with E-state index in [2.05, 4.69) is 19.9 Å². The van der Waals surface area contributed by atoms with Crippen LogP contribution in [0.4, 0.5) is 14.5 Å². The number of nitrogens with one attached hydrogen (secondary N) is 2. The second-order valence-electron chi connectivity index (χ2n) is 8.15. The number of carbonyl (C=O) groups excluding carboxylic acids is 1. The number of ketones is 1. The van der Waals surface area contributed by atoms with Crippen LogP contribution < -0.4 is 9.86 Å². The molecule has 0 amide bonds. The Labute approximate surface area is 211 Å². The molecule has 4 N–H and O–H groups in total. The average Bonchev–Trinajstić information content (AvgIpc) is 3.27. The minimum absolute atomic E-state index is 0.0967. The third-order valence-electron chi connectivity index (χ3n) is 5.50. The van der Waals surface area contributed by atoms with E-state index in [1.54, 1.807) is 6.92 Å². The smallest absolute Gasteiger partial charge is 0.238 e. The summed E-state index contributed by atoms with van der Waals surface area (Å²) >= 11 is 0. The van der Waals surface area contributed by atoms with Gasteiger partial charge in [-0.2, -0.15) is 5.10 Å². The lowest BCUT2D eigenvalue weighted by Gasteiger charge is -2.11. The van der Waals surface area contributed by atoms with Crippen LogP contribution in [-0.4, -0.2) is 43.6 Å². The molecule has 0 aliphatic carbocycles. The number of anilines is 1. The van der Waals surface area contributed by atoms with Crippen LogP contribution in [-0.2, 0) is 20.0 Å². The second-order valence-corrected chi connectivity index (χ2v) is 11.6. The molecule has 0 aliphatic rings. The quantitative estimate of drug-likeness (QED) is 0.269. The summed E-state index contributed by atoms with van der Waals surface area (Å²) in [5.41, 5.74) is -0.731. The number of primary sulfonamides is 1. The number of H-pyrrole nitrogens is 1. The zero-order valence-corrected chi connectivity index (χ0v) is 21.0. The van der Waals surface area contributed by atoms with Gasteiger partial charge in [0.05, 0.1) is 27.3 Å². The average molecular weight is 550 g/mol. The van der Waals surface area contributed by atoms with Gasteiger partial charge >= 0.3 is 0 Å². The number of aromatic nitrogens is 3. The van der Waals surface area contributed by atoms with Crippen LogP contribution >= 0.6 is 0 Å². The fraction of sp³-hybridized carbons (Fsp3) is 0.174. The predicted molar refractivity (Wildman–Crippen MR) is 133 cm³/mol. The summed E-state index contributed by atoms with van der Waals surface area (Å²) < 4.78 is 79.3. The third-order valence-corrected chi connectivity index (χ3v) is 7.78. The molecule has 0 fully saturated rings. The van der Waals surface area contributed by atoms with Crippen molar-refractivity contribution >= 4 is 42.6 Å². The highest BCUT2D eigenvalue weighted by atomic mass is 32.2. The van der Waals surface area contributed by atoms with E-state index in [-0.39, 0.29) is 27.4 Å². The van der Waals surface area contributed by atoms with E-state index < -0.39 is 48.7 Å². The molecule has 0 saturated carbocycles. The monoisotopic (exact) mass is 549 g/mol. The number of halogens is 2. The first-order valence-electron chi connectivity index (χ1n) is 10.9. The molecular formula is C23H21F2N5O5S2. The van der Waals surface area contributed by atoms with Crippen molar-refractivity contribution in [2.24, 2.45) is 5.14 Å². The van der Waals surface area contributed by atoms with Crippen molar-refractivity contribution in [3.63, 3.8) is 0 Å². The molecule has 14 heteroatoms. The molecule has 0 radical (unpaired) electrons. The zero-order valence-electron chi connectivity index (χ0n) is 19.3. The Morgan fingerprint density at radius 3 is 2.41 bits per heavy atom.